The number of carbonyl (C=O) groups is 2. The molecule has 0 amide bonds. The van der Waals surface area contributed by atoms with Crippen molar-refractivity contribution >= 4 is 22.8 Å². The number of pyridine rings is 1. The second-order valence-corrected chi connectivity index (χ2v) is 4.67. The van der Waals surface area contributed by atoms with E-state index in [1.807, 2.05) is 0 Å². The summed E-state index contributed by atoms with van der Waals surface area (Å²) in [6.07, 6.45) is 2.84. The van der Waals surface area contributed by atoms with E-state index in [4.69, 9.17) is 5.11 Å². The molecule has 0 aliphatic heterocycles. The lowest BCUT2D eigenvalue weighted by Crippen LogP contribution is -2.06. The van der Waals surface area contributed by atoms with Crippen LogP contribution in [0.1, 0.15) is 15.9 Å². The monoisotopic (exact) mass is 308 g/mol. The molecule has 2 heterocycles. The molecular weight excluding hydrogens is 299 g/mol. The topological polar surface area (TPSA) is 72.2 Å². The second-order valence-electron chi connectivity index (χ2n) is 4.67. The largest absolute Gasteiger partial charge is 0.464 e. The summed E-state index contributed by atoms with van der Waals surface area (Å²) in [5, 5.41) is 9.62. The van der Waals surface area contributed by atoms with E-state index < -0.39 is 11.9 Å². The van der Waals surface area contributed by atoms with Crippen LogP contribution in [-0.4, -0.2) is 26.5 Å². The Kier molecular flexibility index (Phi) is 3.61. The fraction of sp³-hybridized carbons (Fsp3) is 0. The van der Waals surface area contributed by atoms with Gasteiger partial charge in [0.1, 0.15) is 5.82 Å². The van der Waals surface area contributed by atoms with Gasteiger partial charge in [0.25, 0.3) is 0 Å². The number of halogens is 1. The highest BCUT2D eigenvalue weighted by Crippen LogP contribution is 2.20. The van der Waals surface area contributed by atoms with E-state index in [1.54, 1.807) is 6.07 Å². The molecule has 1 N–H and O–H groups in total. The Labute approximate surface area is 130 Å². The number of aromatic nitrogens is 2. The van der Waals surface area contributed by atoms with Gasteiger partial charge in [0.2, 0.25) is 5.78 Å². The molecule has 2 aromatic heterocycles. The standard InChI is InChI=1S/C17H9FN2O3/c18-12-4-1-11(2-5-12)3-6-16(21)14-10-20(17(22)23)15-9-19-8-7-13(14)15/h1-2,4-5,7-10H,(H,22,23). The number of nitrogens with zero attached hydrogens (tertiary/aromatic N) is 2. The van der Waals surface area contributed by atoms with Crippen molar-refractivity contribution in [2.45, 2.75) is 0 Å². The van der Waals surface area contributed by atoms with Crippen LogP contribution in [0.25, 0.3) is 10.9 Å². The van der Waals surface area contributed by atoms with Crippen molar-refractivity contribution in [3.05, 3.63) is 65.9 Å². The molecular formula is C17H9FN2O3. The minimum Gasteiger partial charge on any atom is -0.464 e. The predicted molar refractivity (Wildman–Crippen MR) is 80.8 cm³/mol. The fourth-order valence-electron chi connectivity index (χ4n) is 2.14. The average molecular weight is 308 g/mol. The number of hydrogen-bond acceptors (Lipinski definition) is 3. The van der Waals surface area contributed by atoms with E-state index in [1.165, 1.54) is 42.9 Å². The molecule has 0 radical (unpaired) electrons. The number of Topliss-reactive ketones (excluding diaryl/α,β-unsaturated/α-hetero) is 1. The van der Waals surface area contributed by atoms with E-state index >= 15 is 0 Å². The molecule has 0 atom stereocenters. The maximum atomic E-state index is 12.8. The maximum absolute atomic E-state index is 12.8. The summed E-state index contributed by atoms with van der Waals surface area (Å²) in [5.41, 5.74) is 0.981. The first kappa shape index (κ1) is 14.5. The molecule has 5 nitrogen and oxygen atoms in total. The summed E-state index contributed by atoms with van der Waals surface area (Å²) in [6.45, 7) is 0. The lowest BCUT2D eigenvalue weighted by Gasteiger charge is -1.94. The van der Waals surface area contributed by atoms with Gasteiger partial charge in [-0.25, -0.2) is 9.18 Å². The Morgan fingerprint density at radius 2 is 1.91 bits per heavy atom. The van der Waals surface area contributed by atoms with Gasteiger partial charge in [0, 0.05) is 23.3 Å². The first-order valence-corrected chi connectivity index (χ1v) is 6.56. The smallest absolute Gasteiger partial charge is 0.416 e. The van der Waals surface area contributed by atoms with Crippen molar-refractivity contribution < 1.29 is 19.1 Å². The molecule has 112 valence electrons. The average Bonchev–Trinajstić information content (AvgIpc) is 2.94. The molecule has 0 saturated heterocycles. The number of rotatable bonds is 1. The molecule has 0 unspecified atom stereocenters. The van der Waals surface area contributed by atoms with Gasteiger partial charge < -0.3 is 5.11 Å². The third-order valence-corrected chi connectivity index (χ3v) is 3.22. The molecule has 3 aromatic rings. The van der Waals surface area contributed by atoms with Gasteiger partial charge in [-0.05, 0) is 36.3 Å². The van der Waals surface area contributed by atoms with Gasteiger partial charge >= 0.3 is 6.09 Å². The molecule has 1 aromatic carbocycles. The molecule has 0 spiro atoms. The Balaban J connectivity index is 2.02. The van der Waals surface area contributed by atoms with Gasteiger partial charge in [-0.15, -0.1) is 0 Å². The molecule has 0 bridgehead atoms. The summed E-state index contributed by atoms with van der Waals surface area (Å²) < 4.78 is 13.7. The van der Waals surface area contributed by atoms with Crippen molar-refractivity contribution in [3.63, 3.8) is 0 Å². The van der Waals surface area contributed by atoms with Crippen molar-refractivity contribution in [3.8, 4) is 11.8 Å². The van der Waals surface area contributed by atoms with Crippen molar-refractivity contribution in [2.24, 2.45) is 0 Å². The van der Waals surface area contributed by atoms with Crippen LogP contribution >= 0.6 is 0 Å². The minimum absolute atomic E-state index is 0.180. The quantitative estimate of drug-likeness (QED) is 0.554. The van der Waals surface area contributed by atoms with Gasteiger partial charge in [0.05, 0.1) is 17.3 Å². The third kappa shape index (κ3) is 2.80. The zero-order valence-electron chi connectivity index (χ0n) is 11.7. The highest BCUT2D eigenvalue weighted by molar-refractivity contribution is 6.17. The van der Waals surface area contributed by atoms with Crippen LogP contribution < -0.4 is 0 Å². The lowest BCUT2D eigenvalue weighted by molar-refractivity contribution is 0.105. The van der Waals surface area contributed by atoms with Crippen molar-refractivity contribution in [2.75, 3.05) is 0 Å². The van der Waals surface area contributed by atoms with Crippen LogP contribution in [0.3, 0.4) is 0 Å². The highest BCUT2D eigenvalue weighted by atomic mass is 19.1. The van der Waals surface area contributed by atoms with Crippen molar-refractivity contribution in [1.82, 2.24) is 9.55 Å². The van der Waals surface area contributed by atoms with Crippen LogP contribution in [-0.2, 0) is 0 Å². The van der Waals surface area contributed by atoms with E-state index in [0.717, 1.165) is 4.57 Å². The number of hydrogen-bond donors (Lipinski definition) is 1. The zero-order valence-corrected chi connectivity index (χ0v) is 11.7. The van der Waals surface area contributed by atoms with Gasteiger partial charge in [0.15, 0.2) is 0 Å². The van der Waals surface area contributed by atoms with Crippen LogP contribution in [0.2, 0.25) is 0 Å². The maximum Gasteiger partial charge on any atom is 0.416 e. The van der Waals surface area contributed by atoms with Gasteiger partial charge in [-0.1, -0.05) is 5.92 Å². The summed E-state index contributed by atoms with van der Waals surface area (Å²) in [6, 6.07) is 6.97. The molecule has 0 aliphatic carbocycles. The summed E-state index contributed by atoms with van der Waals surface area (Å²) in [7, 11) is 0. The fourth-order valence-corrected chi connectivity index (χ4v) is 2.14. The van der Waals surface area contributed by atoms with Crippen LogP contribution in [0.5, 0.6) is 0 Å². The van der Waals surface area contributed by atoms with E-state index in [2.05, 4.69) is 16.8 Å². The molecule has 6 heteroatoms. The van der Waals surface area contributed by atoms with Gasteiger partial charge in [-0.2, -0.15) is 0 Å². The predicted octanol–water partition coefficient (Wildman–Crippen LogP) is 2.94. The summed E-state index contributed by atoms with van der Waals surface area (Å²) in [5.74, 6) is 4.16. The molecule has 0 fully saturated rings. The van der Waals surface area contributed by atoms with E-state index in [-0.39, 0.29) is 11.4 Å². The minimum atomic E-state index is -1.21. The molecule has 23 heavy (non-hydrogen) atoms. The summed E-state index contributed by atoms with van der Waals surface area (Å²) in [4.78, 5) is 27.3. The summed E-state index contributed by atoms with van der Waals surface area (Å²) >= 11 is 0. The van der Waals surface area contributed by atoms with Gasteiger partial charge in [-0.3, -0.25) is 14.3 Å². The Bertz CT molecular complexity index is 978. The SMILES string of the molecule is O=C(C#Cc1ccc(F)cc1)c1cn(C(=O)O)c2cnccc12. The van der Waals surface area contributed by atoms with E-state index in [0.29, 0.717) is 16.5 Å². The number of ketones is 1. The van der Waals surface area contributed by atoms with Crippen LogP contribution in [0.15, 0.2) is 48.9 Å². The molecule has 0 saturated carbocycles. The number of carboxylic acid groups (broad SMARTS) is 1. The molecule has 3 rings (SSSR count). The number of carbonyl (C=O) groups excluding carboxylic acids is 1. The third-order valence-electron chi connectivity index (χ3n) is 3.22. The number of benzene rings is 1. The highest BCUT2D eigenvalue weighted by Gasteiger charge is 2.16. The second kappa shape index (κ2) is 5.73. The Morgan fingerprint density at radius 1 is 1.17 bits per heavy atom. The first-order chi connectivity index (χ1) is 11.1. The van der Waals surface area contributed by atoms with E-state index in [9.17, 15) is 14.0 Å². The first-order valence-electron chi connectivity index (χ1n) is 6.56. The Hall–Kier alpha value is -3.46. The zero-order chi connectivity index (χ0) is 16.4. The van der Waals surface area contributed by atoms with Crippen LogP contribution in [0, 0.1) is 17.7 Å². The Morgan fingerprint density at radius 3 is 2.61 bits per heavy atom. The lowest BCUT2D eigenvalue weighted by atomic mass is 10.1. The van der Waals surface area contributed by atoms with Crippen LogP contribution in [0.4, 0.5) is 9.18 Å². The number of fused-ring (bicyclic) bond motifs is 1. The molecule has 0 aliphatic rings. The normalized spacial score (nSPS) is 10.1. The van der Waals surface area contributed by atoms with Crippen molar-refractivity contribution in [1.29, 1.82) is 0 Å².